The molecule has 3 heterocycles. The Balaban J connectivity index is 1.46. The maximum Gasteiger partial charge on any atom is 0.244 e. The zero-order valence-electron chi connectivity index (χ0n) is 16.8. The van der Waals surface area contributed by atoms with E-state index >= 15 is 0 Å². The van der Waals surface area contributed by atoms with Gasteiger partial charge in [-0.05, 0) is 43.1 Å². The molecule has 4 rings (SSSR count). The number of likely N-dealkylation sites (tertiary alicyclic amines) is 1. The van der Waals surface area contributed by atoms with Gasteiger partial charge in [-0.2, -0.15) is 10.2 Å². The molecule has 154 valence electrons. The van der Waals surface area contributed by atoms with E-state index < -0.39 is 0 Å². The molecule has 0 N–H and O–H groups in total. The average Bonchev–Trinajstić information content (AvgIpc) is 3.44. The SMILES string of the molecule is COCCOc1ccnc(-c2noc(C3CCCN3Cc3ccc(C#N)cc3)n2)c1. The van der Waals surface area contributed by atoms with E-state index in [0.717, 1.165) is 31.5 Å². The molecule has 1 aliphatic rings. The number of aromatic nitrogens is 3. The molecule has 1 fully saturated rings. The maximum atomic E-state index is 8.96. The number of ether oxygens (including phenoxy) is 2. The van der Waals surface area contributed by atoms with Crippen molar-refractivity contribution in [1.29, 1.82) is 5.26 Å². The fourth-order valence-electron chi connectivity index (χ4n) is 3.55. The van der Waals surface area contributed by atoms with Gasteiger partial charge in [0.1, 0.15) is 18.1 Å². The van der Waals surface area contributed by atoms with Gasteiger partial charge in [0.15, 0.2) is 0 Å². The van der Waals surface area contributed by atoms with Crippen LogP contribution >= 0.6 is 0 Å². The molecule has 3 aromatic rings. The summed E-state index contributed by atoms with van der Waals surface area (Å²) in [5.41, 5.74) is 2.43. The van der Waals surface area contributed by atoms with Crippen LogP contribution in [0.25, 0.3) is 11.5 Å². The number of benzene rings is 1. The number of nitriles is 1. The first kappa shape index (κ1) is 20.0. The monoisotopic (exact) mass is 405 g/mol. The number of hydrogen-bond donors (Lipinski definition) is 0. The van der Waals surface area contributed by atoms with Gasteiger partial charge in [0.2, 0.25) is 11.7 Å². The summed E-state index contributed by atoms with van der Waals surface area (Å²) in [6, 6.07) is 13.5. The molecule has 1 aliphatic heterocycles. The lowest BCUT2D eigenvalue weighted by Gasteiger charge is -2.21. The van der Waals surface area contributed by atoms with Gasteiger partial charge in [0.05, 0.1) is 24.3 Å². The van der Waals surface area contributed by atoms with E-state index in [1.54, 1.807) is 25.4 Å². The zero-order chi connectivity index (χ0) is 20.8. The number of hydrogen-bond acceptors (Lipinski definition) is 8. The molecule has 0 saturated carbocycles. The Morgan fingerprint density at radius 1 is 1.23 bits per heavy atom. The highest BCUT2D eigenvalue weighted by atomic mass is 16.5. The molecule has 1 saturated heterocycles. The summed E-state index contributed by atoms with van der Waals surface area (Å²) in [7, 11) is 1.63. The molecule has 0 radical (unpaired) electrons. The van der Waals surface area contributed by atoms with Gasteiger partial charge in [0, 0.05) is 25.9 Å². The second-order valence-corrected chi connectivity index (χ2v) is 7.11. The van der Waals surface area contributed by atoms with Gasteiger partial charge < -0.3 is 14.0 Å². The topological polar surface area (TPSA) is 97.3 Å². The number of nitrogens with zero attached hydrogens (tertiary/aromatic N) is 5. The molecule has 30 heavy (non-hydrogen) atoms. The Morgan fingerprint density at radius 2 is 2.10 bits per heavy atom. The van der Waals surface area contributed by atoms with Crippen molar-refractivity contribution in [3.63, 3.8) is 0 Å². The number of rotatable bonds is 8. The van der Waals surface area contributed by atoms with Crippen molar-refractivity contribution in [2.75, 3.05) is 26.9 Å². The Morgan fingerprint density at radius 3 is 2.90 bits per heavy atom. The summed E-state index contributed by atoms with van der Waals surface area (Å²) in [4.78, 5) is 11.3. The molecular weight excluding hydrogens is 382 g/mol. The second-order valence-electron chi connectivity index (χ2n) is 7.11. The van der Waals surface area contributed by atoms with Crippen molar-refractivity contribution in [2.45, 2.75) is 25.4 Å². The molecule has 0 spiro atoms. The van der Waals surface area contributed by atoms with Crippen molar-refractivity contribution < 1.29 is 14.0 Å². The fourth-order valence-corrected chi connectivity index (χ4v) is 3.55. The summed E-state index contributed by atoms with van der Waals surface area (Å²) in [5.74, 6) is 1.74. The van der Waals surface area contributed by atoms with E-state index in [1.807, 2.05) is 24.3 Å². The van der Waals surface area contributed by atoms with Gasteiger partial charge in [-0.15, -0.1) is 0 Å². The Labute approximate surface area is 175 Å². The third-order valence-corrected chi connectivity index (χ3v) is 5.08. The molecule has 8 heteroatoms. The van der Waals surface area contributed by atoms with Crippen LogP contribution < -0.4 is 4.74 Å². The molecular formula is C22H23N5O3. The summed E-state index contributed by atoms with van der Waals surface area (Å²) in [6.07, 6.45) is 3.70. The first-order chi connectivity index (χ1) is 14.8. The van der Waals surface area contributed by atoms with Crippen LogP contribution in [0.15, 0.2) is 47.1 Å². The minimum atomic E-state index is 0.0722. The quantitative estimate of drug-likeness (QED) is 0.526. The highest BCUT2D eigenvalue weighted by Gasteiger charge is 2.31. The molecule has 1 aromatic carbocycles. The van der Waals surface area contributed by atoms with Crippen molar-refractivity contribution in [3.8, 4) is 23.3 Å². The van der Waals surface area contributed by atoms with Crippen LogP contribution in [0.1, 0.15) is 35.9 Å². The maximum absolute atomic E-state index is 8.96. The minimum Gasteiger partial charge on any atom is -0.491 e. The van der Waals surface area contributed by atoms with Crippen LogP contribution in [0.2, 0.25) is 0 Å². The van der Waals surface area contributed by atoms with E-state index in [0.29, 0.717) is 41.9 Å². The molecule has 1 unspecified atom stereocenters. The van der Waals surface area contributed by atoms with E-state index in [1.165, 1.54) is 0 Å². The van der Waals surface area contributed by atoms with Gasteiger partial charge in [-0.1, -0.05) is 17.3 Å². The third kappa shape index (κ3) is 4.64. The lowest BCUT2D eigenvalue weighted by Crippen LogP contribution is -2.23. The van der Waals surface area contributed by atoms with Gasteiger partial charge >= 0.3 is 0 Å². The smallest absolute Gasteiger partial charge is 0.244 e. The summed E-state index contributed by atoms with van der Waals surface area (Å²) in [5, 5.41) is 13.1. The van der Waals surface area contributed by atoms with Crippen LogP contribution in [0.4, 0.5) is 0 Å². The van der Waals surface area contributed by atoms with Crippen molar-refractivity contribution in [1.82, 2.24) is 20.0 Å². The lowest BCUT2D eigenvalue weighted by atomic mass is 10.1. The van der Waals surface area contributed by atoms with E-state index in [4.69, 9.17) is 19.3 Å². The zero-order valence-corrected chi connectivity index (χ0v) is 16.8. The van der Waals surface area contributed by atoms with Crippen LogP contribution in [0.5, 0.6) is 5.75 Å². The van der Waals surface area contributed by atoms with Crippen LogP contribution in [0, 0.1) is 11.3 Å². The van der Waals surface area contributed by atoms with Gasteiger partial charge in [-0.3, -0.25) is 9.88 Å². The Bertz CT molecular complexity index is 1010. The molecule has 0 amide bonds. The molecule has 0 bridgehead atoms. The summed E-state index contributed by atoms with van der Waals surface area (Å²) in [6.45, 7) is 2.71. The molecule has 1 atom stereocenters. The van der Waals surface area contributed by atoms with Gasteiger partial charge in [-0.25, -0.2) is 0 Å². The fraction of sp³-hybridized carbons (Fsp3) is 0.364. The van der Waals surface area contributed by atoms with Crippen LogP contribution in [-0.2, 0) is 11.3 Å². The predicted molar refractivity (Wildman–Crippen MR) is 108 cm³/mol. The lowest BCUT2D eigenvalue weighted by molar-refractivity contribution is 0.146. The highest BCUT2D eigenvalue weighted by molar-refractivity contribution is 5.50. The van der Waals surface area contributed by atoms with E-state index in [2.05, 4.69) is 26.1 Å². The summed E-state index contributed by atoms with van der Waals surface area (Å²) >= 11 is 0. The van der Waals surface area contributed by atoms with Crippen LogP contribution in [0.3, 0.4) is 0 Å². The summed E-state index contributed by atoms with van der Waals surface area (Å²) < 4.78 is 16.2. The first-order valence-corrected chi connectivity index (χ1v) is 9.91. The average molecular weight is 405 g/mol. The molecule has 2 aromatic heterocycles. The van der Waals surface area contributed by atoms with Gasteiger partial charge in [0.25, 0.3) is 0 Å². The van der Waals surface area contributed by atoms with Crippen molar-refractivity contribution in [2.24, 2.45) is 0 Å². The van der Waals surface area contributed by atoms with Crippen molar-refractivity contribution >= 4 is 0 Å². The normalized spacial score (nSPS) is 16.5. The number of methoxy groups -OCH3 is 1. The third-order valence-electron chi connectivity index (χ3n) is 5.08. The number of pyridine rings is 1. The Kier molecular flexibility index (Phi) is 6.32. The predicted octanol–water partition coefficient (Wildman–Crippen LogP) is 3.37. The minimum absolute atomic E-state index is 0.0722. The largest absolute Gasteiger partial charge is 0.491 e. The molecule has 8 nitrogen and oxygen atoms in total. The Hall–Kier alpha value is -3.28. The second kappa shape index (κ2) is 9.48. The van der Waals surface area contributed by atoms with E-state index in [-0.39, 0.29) is 6.04 Å². The van der Waals surface area contributed by atoms with E-state index in [9.17, 15) is 0 Å². The standard InChI is InChI=1S/C22H23N5O3/c1-28-11-12-29-18-8-9-24-19(13-18)21-25-22(30-26-21)20-3-2-10-27(20)15-17-6-4-16(14-23)5-7-17/h4-9,13,20H,2-3,10-12,15H2,1H3. The van der Waals surface area contributed by atoms with Crippen LogP contribution in [-0.4, -0.2) is 46.9 Å². The highest BCUT2D eigenvalue weighted by Crippen LogP contribution is 2.33. The first-order valence-electron chi connectivity index (χ1n) is 9.91. The molecule has 0 aliphatic carbocycles. The van der Waals surface area contributed by atoms with Crippen molar-refractivity contribution in [3.05, 3.63) is 59.6 Å².